The number of thiazole rings is 1. The Morgan fingerprint density at radius 1 is 1.30 bits per heavy atom. The van der Waals surface area contributed by atoms with Gasteiger partial charge in [-0.15, -0.1) is 11.3 Å². The van der Waals surface area contributed by atoms with E-state index < -0.39 is 0 Å². The maximum absolute atomic E-state index is 4.29. The van der Waals surface area contributed by atoms with Crippen LogP contribution >= 0.6 is 11.3 Å². The van der Waals surface area contributed by atoms with E-state index in [0.717, 1.165) is 36.9 Å². The first-order valence-corrected chi connectivity index (χ1v) is 7.41. The molecule has 2 N–H and O–H groups in total. The number of guanidine groups is 1. The summed E-state index contributed by atoms with van der Waals surface area (Å²) >= 11 is 1.66. The molecule has 6 heteroatoms. The van der Waals surface area contributed by atoms with Crippen LogP contribution in [0.3, 0.4) is 0 Å². The van der Waals surface area contributed by atoms with Gasteiger partial charge in [0.2, 0.25) is 0 Å². The lowest BCUT2D eigenvalue weighted by atomic mass is 10.3. The average Bonchev–Trinajstić information content (AvgIpc) is 2.89. The Morgan fingerprint density at radius 3 is 2.85 bits per heavy atom. The highest BCUT2D eigenvalue weighted by molar-refractivity contribution is 7.09. The SMILES string of the molecule is CN=C(NCCc1ccccn1)NCc1scnc1C. The summed E-state index contributed by atoms with van der Waals surface area (Å²) in [6, 6.07) is 5.95. The van der Waals surface area contributed by atoms with Gasteiger partial charge in [0.1, 0.15) is 0 Å². The number of aliphatic imine (C=N–C) groups is 1. The predicted molar refractivity (Wildman–Crippen MR) is 83.0 cm³/mol. The van der Waals surface area contributed by atoms with E-state index in [0.29, 0.717) is 0 Å². The second-order valence-corrected chi connectivity index (χ2v) is 5.22. The third-order valence-electron chi connectivity index (χ3n) is 2.88. The minimum atomic E-state index is 0.750. The van der Waals surface area contributed by atoms with Crippen LogP contribution in [0.5, 0.6) is 0 Å². The van der Waals surface area contributed by atoms with Crippen molar-refractivity contribution in [3.05, 3.63) is 46.2 Å². The molecule has 0 fully saturated rings. The lowest BCUT2D eigenvalue weighted by molar-refractivity contribution is 0.786. The van der Waals surface area contributed by atoms with Crippen molar-refractivity contribution < 1.29 is 0 Å². The van der Waals surface area contributed by atoms with Crippen LogP contribution in [0.25, 0.3) is 0 Å². The third-order valence-corrected chi connectivity index (χ3v) is 3.82. The topological polar surface area (TPSA) is 62.2 Å². The van der Waals surface area contributed by atoms with E-state index in [2.05, 4.69) is 25.6 Å². The van der Waals surface area contributed by atoms with E-state index in [-0.39, 0.29) is 0 Å². The van der Waals surface area contributed by atoms with Gasteiger partial charge in [0.05, 0.1) is 17.7 Å². The molecule has 0 saturated carbocycles. The number of nitrogens with one attached hydrogen (secondary N) is 2. The van der Waals surface area contributed by atoms with Crippen molar-refractivity contribution in [3.8, 4) is 0 Å². The van der Waals surface area contributed by atoms with Crippen molar-refractivity contribution in [1.82, 2.24) is 20.6 Å². The summed E-state index contributed by atoms with van der Waals surface area (Å²) in [7, 11) is 1.77. The molecule has 20 heavy (non-hydrogen) atoms. The first-order chi connectivity index (χ1) is 9.79. The molecule has 0 atom stereocenters. The number of aromatic nitrogens is 2. The van der Waals surface area contributed by atoms with Gasteiger partial charge in [-0.05, 0) is 19.1 Å². The van der Waals surface area contributed by atoms with Gasteiger partial charge in [-0.25, -0.2) is 4.98 Å². The maximum Gasteiger partial charge on any atom is 0.191 e. The summed E-state index contributed by atoms with van der Waals surface area (Å²) < 4.78 is 0. The predicted octanol–water partition coefficient (Wildman–Crippen LogP) is 1.75. The molecule has 0 aromatic carbocycles. The van der Waals surface area contributed by atoms with Gasteiger partial charge in [0, 0.05) is 36.8 Å². The molecule has 0 amide bonds. The molecule has 0 saturated heterocycles. The van der Waals surface area contributed by atoms with Gasteiger partial charge < -0.3 is 10.6 Å². The summed E-state index contributed by atoms with van der Waals surface area (Å²) in [5.74, 6) is 0.800. The Labute approximate surface area is 123 Å². The van der Waals surface area contributed by atoms with E-state index in [1.807, 2.05) is 36.8 Å². The normalized spacial score (nSPS) is 11.4. The first kappa shape index (κ1) is 14.5. The van der Waals surface area contributed by atoms with Crippen LogP contribution in [-0.2, 0) is 13.0 Å². The van der Waals surface area contributed by atoms with E-state index >= 15 is 0 Å². The number of hydrogen-bond acceptors (Lipinski definition) is 4. The quantitative estimate of drug-likeness (QED) is 0.650. The van der Waals surface area contributed by atoms with Crippen LogP contribution in [0.15, 0.2) is 34.9 Å². The Morgan fingerprint density at radius 2 is 2.20 bits per heavy atom. The molecule has 0 radical (unpaired) electrons. The van der Waals surface area contributed by atoms with Gasteiger partial charge in [-0.2, -0.15) is 0 Å². The minimum absolute atomic E-state index is 0.750. The number of rotatable bonds is 5. The molecule has 2 aromatic rings. The molecule has 0 aliphatic rings. The average molecular weight is 289 g/mol. The van der Waals surface area contributed by atoms with E-state index in [1.165, 1.54) is 4.88 Å². The van der Waals surface area contributed by atoms with Crippen molar-refractivity contribution >= 4 is 17.3 Å². The highest BCUT2D eigenvalue weighted by Crippen LogP contribution is 2.10. The van der Waals surface area contributed by atoms with Crippen LogP contribution in [0.2, 0.25) is 0 Å². The molecular formula is C14H19N5S. The molecule has 5 nitrogen and oxygen atoms in total. The molecule has 2 heterocycles. The summed E-state index contributed by atoms with van der Waals surface area (Å²) in [6.45, 7) is 3.57. The molecular weight excluding hydrogens is 270 g/mol. The van der Waals surface area contributed by atoms with Gasteiger partial charge >= 0.3 is 0 Å². The summed E-state index contributed by atoms with van der Waals surface area (Å²) in [5.41, 5.74) is 4.02. The van der Waals surface area contributed by atoms with Crippen LogP contribution < -0.4 is 10.6 Å². The van der Waals surface area contributed by atoms with Gasteiger partial charge in [-0.1, -0.05) is 6.07 Å². The highest BCUT2D eigenvalue weighted by Gasteiger charge is 2.03. The van der Waals surface area contributed by atoms with Crippen LogP contribution in [0.1, 0.15) is 16.3 Å². The zero-order valence-corrected chi connectivity index (χ0v) is 12.6. The standard InChI is InChI=1S/C14H19N5S/c1-11-13(20-10-19-11)9-18-14(15-2)17-8-6-12-5-3-4-7-16-12/h3-5,7,10H,6,8-9H2,1-2H3,(H2,15,17,18). The summed E-state index contributed by atoms with van der Waals surface area (Å²) in [6.07, 6.45) is 2.69. The molecule has 0 unspecified atom stereocenters. The monoisotopic (exact) mass is 289 g/mol. The van der Waals surface area contributed by atoms with E-state index in [9.17, 15) is 0 Å². The van der Waals surface area contributed by atoms with Crippen LogP contribution in [0.4, 0.5) is 0 Å². The van der Waals surface area contributed by atoms with Gasteiger partial charge in [0.15, 0.2) is 5.96 Å². The Bertz CT molecular complexity index is 550. The maximum atomic E-state index is 4.29. The zero-order chi connectivity index (χ0) is 14.2. The second-order valence-electron chi connectivity index (χ2n) is 4.28. The first-order valence-electron chi connectivity index (χ1n) is 6.53. The summed E-state index contributed by atoms with van der Waals surface area (Å²) in [5, 5.41) is 6.57. The van der Waals surface area contributed by atoms with Crippen LogP contribution in [0, 0.1) is 6.92 Å². The Balaban J connectivity index is 1.74. The fourth-order valence-electron chi connectivity index (χ4n) is 1.74. The summed E-state index contributed by atoms with van der Waals surface area (Å²) in [4.78, 5) is 14.0. The molecule has 106 valence electrons. The molecule has 0 aliphatic carbocycles. The largest absolute Gasteiger partial charge is 0.356 e. The lowest BCUT2D eigenvalue weighted by Gasteiger charge is -2.11. The van der Waals surface area contributed by atoms with Crippen molar-refractivity contribution in [3.63, 3.8) is 0 Å². The van der Waals surface area contributed by atoms with Crippen molar-refractivity contribution in [1.29, 1.82) is 0 Å². The fourth-order valence-corrected chi connectivity index (χ4v) is 2.45. The minimum Gasteiger partial charge on any atom is -0.356 e. The molecule has 0 aliphatic heterocycles. The number of pyridine rings is 1. The van der Waals surface area contributed by atoms with Crippen LogP contribution in [-0.4, -0.2) is 29.5 Å². The van der Waals surface area contributed by atoms with Crippen molar-refractivity contribution in [2.45, 2.75) is 19.9 Å². The molecule has 2 aromatic heterocycles. The Kier molecular flexibility index (Phi) is 5.49. The van der Waals surface area contributed by atoms with E-state index in [4.69, 9.17) is 0 Å². The van der Waals surface area contributed by atoms with Gasteiger partial charge in [0.25, 0.3) is 0 Å². The zero-order valence-electron chi connectivity index (χ0n) is 11.8. The van der Waals surface area contributed by atoms with Crippen molar-refractivity contribution in [2.24, 2.45) is 4.99 Å². The molecule has 0 bridgehead atoms. The number of hydrogen-bond donors (Lipinski definition) is 2. The van der Waals surface area contributed by atoms with E-state index in [1.54, 1.807) is 18.4 Å². The lowest BCUT2D eigenvalue weighted by Crippen LogP contribution is -2.37. The highest BCUT2D eigenvalue weighted by atomic mass is 32.1. The van der Waals surface area contributed by atoms with Crippen molar-refractivity contribution in [2.75, 3.05) is 13.6 Å². The molecule has 0 spiro atoms. The third kappa shape index (κ3) is 4.31. The molecule has 2 rings (SSSR count). The number of aryl methyl sites for hydroxylation is 1. The van der Waals surface area contributed by atoms with Gasteiger partial charge in [-0.3, -0.25) is 9.98 Å². The number of nitrogens with zero attached hydrogens (tertiary/aromatic N) is 3. The smallest absolute Gasteiger partial charge is 0.191 e. The fraction of sp³-hybridized carbons (Fsp3) is 0.357. The second kappa shape index (κ2) is 7.59. The Hall–Kier alpha value is -1.95.